The summed E-state index contributed by atoms with van der Waals surface area (Å²) in [5.41, 5.74) is 0.407. The minimum absolute atomic E-state index is 0.212. The van der Waals surface area contributed by atoms with Crippen molar-refractivity contribution in [3.63, 3.8) is 0 Å². The molecule has 0 aliphatic heterocycles. The largest absolute Gasteiger partial charge is 0.460 e. The molecule has 1 rings (SSSR count). The molecule has 0 fully saturated rings. The van der Waals surface area contributed by atoms with Crippen LogP contribution >= 0.6 is 15.9 Å². The standard InChI is InChI=1S/C11H14BrNO4/c1-15-5-6-16-7-8-17-11(14)9-3-2-4-13-10(9)12/h2-4H,5-8H2,1H3. The zero-order chi connectivity index (χ0) is 12.5. The van der Waals surface area contributed by atoms with Gasteiger partial charge in [0.05, 0.1) is 25.4 Å². The number of esters is 1. The topological polar surface area (TPSA) is 57.7 Å². The van der Waals surface area contributed by atoms with Gasteiger partial charge in [0.2, 0.25) is 0 Å². The Morgan fingerprint density at radius 3 is 2.82 bits per heavy atom. The highest BCUT2D eigenvalue weighted by Crippen LogP contribution is 2.13. The molecule has 0 saturated carbocycles. The third-order valence-electron chi connectivity index (χ3n) is 1.87. The summed E-state index contributed by atoms with van der Waals surface area (Å²) in [5.74, 6) is -0.416. The number of carbonyl (C=O) groups is 1. The highest BCUT2D eigenvalue weighted by Gasteiger charge is 2.11. The monoisotopic (exact) mass is 303 g/mol. The Kier molecular flexibility index (Phi) is 6.76. The first-order valence-electron chi connectivity index (χ1n) is 5.10. The average Bonchev–Trinajstić information content (AvgIpc) is 2.34. The first-order valence-corrected chi connectivity index (χ1v) is 5.89. The van der Waals surface area contributed by atoms with E-state index in [1.165, 1.54) is 0 Å². The van der Waals surface area contributed by atoms with Crippen molar-refractivity contribution < 1.29 is 19.0 Å². The van der Waals surface area contributed by atoms with Crippen LogP contribution in [0.1, 0.15) is 10.4 Å². The Balaban J connectivity index is 2.24. The van der Waals surface area contributed by atoms with Crippen LogP contribution in [0, 0.1) is 0 Å². The fraction of sp³-hybridized carbons (Fsp3) is 0.455. The summed E-state index contributed by atoms with van der Waals surface area (Å²) in [7, 11) is 1.60. The predicted octanol–water partition coefficient (Wildman–Crippen LogP) is 1.66. The number of rotatable bonds is 7. The summed E-state index contributed by atoms with van der Waals surface area (Å²) in [5, 5.41) is 0. The van der Waals surface area contributed by atoms with Crippen molar-refractivity contribution in [2.75, 3.05) is 33.5 Å². The van der Waals surface area contributed by atoms with Gasteiger partial charge in [0.15, 0.2) is 0 Å². The Morgan fingerprint density at radius 2 is 2.12 bits per heavy atom. The van der Waals surface area contributed by atoms with Gasteiger partial charge in [0.1, 0.15) is 11.2 Å². The van der Waals surface area contributed by atoms with Gasteiger partial charge in [-0.05, 0) is 28.1 Å². The Bertz CT molecular complexity index is 359. The molecule has 0 atom stereocenters. The van der Waals surface area contributed by atoms with E-state index in [1.807, 2.05) is 0 Å². The van der Waals surface area contributed by atoms with Crippen LogP contribution in [0.25, 0.3) is 0 Å². The summed E-state index contributed by atoms with van der Waals surface area (Å²) in [4.78, 5) is 15.5. The van der Waals surface area contributed by atoms with Gasteiger partial charge in [-0.25, -0.2) is 9.78 Å². The number of aromatic nitrogens is 1. The molecule has 0 aromatic carbocycles. The van der Waals surface area contributed by atoms with Gasteiger partial charge in [-0.15, -0.1) is 0 Å². The SMILES string of the molecule is COCCOCCOC(=O)c1cccnc1Br. The quantitative estimate of drug-likeness (QED) is 0.436. The maximum Gasteiger partial charge on any atom is 0.340 e. The van der Waals surface area contributed by atoms with Gasteiger partial charge in [-0.2, -0.15) is 0 Å². The molecule has 5 nitrogen and oxygen atoms in total. The van der Waals surface area contributed by atoms with Gasteiger partial charge in [-0.1, -0.05) is 0 Å². The number of nitrogens with zero attached hydrogens (tertiary/aromatic N) is 1. The highest BCUT2D eigenvalue weighted by atomic mass is 79.9. The lowest BCUT2D eigenvalue weighted by molar-refractivity contribution is 0.0212. The molecule has 6 heteroatoms. The molecular weight excluding hydrogens is 290 g/mol. The Hall–Kier alpha value is -0.980. The molecular formula is C11H14BrNO4. The van der Waals surface area contributed by atoms with Crippen LogP contribution in [0.5, 0.6) is 0 Å². The van der Waals surface area contributed by atoms with E-state index in [0.717, 1.165) is 0 Å². The molecule has 0 saturated heterocycles. The first kappa shape index (κ1) is 14.1. The third-order valence-corrected chi connectivity index (χ3v) is 2.50. The summed E-state index contributed by atoms with van der Waals surface area (Å²) >= 11 is 3.18. The van der Waals surface area contributed by atoms with E-state index in [9.17, 15) is 4.79 Å². The van der Waals surface area contributed by atoms with Crippen molar-refractivity contribution in [3.05, 3.63) is 28.5 Å². The minimum atomic E-state index is -0.416. The van der Waals surface area contributed by atoms with Crippen LogP contribution < -0.4 is 0 Å². The van der Waals surface area contributed by atoms with E-state index in [-0.39, 0.29) is 6.61 Å². The second kappa shape index (κ2) is 8.16. The second-order valence-electron chi connectivity index (χ2n) is 3.08. The molecule has 0 radical (unpaired) electrons. The lowest BCUT2D eigenvalue weighted by Gasteiger charge is -2.06. The maximum absolute atomic E-state index is 11.6. The van der Waals surface area contributed by atoms with E-state index < -0.39 is 5.97 Å². The zero-order valence-corrected chi connectivity index (χ0v) is 11.1. The number of ether oxygens (including phenoxy) is 3. The summed E-state index contributed by atoms with van der Waals surface area (Å²) in [6.45, 7) is 1.59. The molecule has 0 spiro atoms. The molecule has 0 aliphatic carbocycles. The molecule has 0 amide bonds. The lowest BCUT2D eigenvalue weighted by Crippen LogP contribution is -2.13. The lowest BCUT2D eigenvalue weighted by atomic mass is 10.3. The smallest absolute Gasteiger partial charge is 0.340 e. The molecule has 1 aromatic heterocycles. The van der Waals surface area contributed by atoms with Crippen LogP contribution in [0.3, 0.4) is 0 Å². The molecule has 0 unspecified atom stereocenters. The predicted molar refractivity (Wildman–Crippen MR) is 64.9 cm³/mol. The molecule has 94 valence electrons. The van der Waals surface area contributed by atoms with Crippen molar-refractivity contribution in [1.29, 1.82) is 0 Å². The van der Waals surface area contributed by atoms with Crippen LogP contribution in [0.2, 0.25) is 0 Å². The van der Waals surface area contributed by atoms with Crippen LogP contribution in [0.4, 0.5) is 0 Å². The Labute approximate surface area is 108 Å². The van der Waals surface area contributed by atoms with Crippen molar-refractivity contribution in [2.45, 2.75) is 0 Å². The van der Waals surface area contributed by atoms with Crippen molar-refractivity contribution in [2.24, 2.45) is 0 Å². The Morgan fingerprint density at radius 1 is 1.35 bits per heavy atom. The van der Waals surface area contributed by atoms with Crippen LogP contribution in [0.15, 0.2) is 22.9 Å². The third kappa shape index (κ3) is 5.25. The first-order chi connectivity index (χ1) is 8.25. The van der Waals surface area contributed by atoms with E-state index in [2.05, 4.69) is 20.9 Å². The molecule has 0 aliphatic rings. The molecule has 17 heavy (non-hydrogen) atoms. The van der Waals surface area contributed by atoms with Crippen LogP contribution in [-0.2, 0) is 14.2 Å². The number of methoxy groups -OCH3 is 1. The zero-order valence-electron chi connectivity index (χ0n) is 9.52. The molecule has 0 bridgehead atoms. The number of carbonyl (C=O) groups excluding carboxylic acids is 1. The summed E-state index contributed by atoms with van der Waals surface area (Å²) in [6.07, 6.45) is 1.59. The van der Waals surface area contributed by atoms with E-state index in [4.69, 9.17) is 14.2 Å². The van der Waals surface area contributed by atoms with Crippen LogP contribution in [-0.4, -0.2) is 44.5 Å². The highest BCUT2D eigenvalue weighted by molar-refractivity contribution is 9.10. The van der Waals surface area contributed by atoms with Crippen molar-refractivity contribution in [3.8, 4) is 0 Å². The van der Waals surface area contributed by atoms with Crippen molar-refractivity contribution >= 4 is 21.9 Å². The molecule has 1 heterocycles. The second-order valence-corrected chi connectivity index (χ2v) is 3.83. The number of hydrogen-bond acceptors (Lipinski definition) is 5. The fourth-order valence-electron chi connectivity index (χ4n) is 1.05. The number of hydrogen-bond donors (Lipinski definition) is 0. The van der Waals surface area contributed by atoms with Gasteiger partial charge >= 0.3 is 5.97 Å². The minimum Gasteiger partial charge on any atom is -0.460 e. The normalized spacial score (nSPS) is 10.2. The van der Waals surface area contributed by atoms with Gasteiger partial charge in [0.25, 0.3) is 0 Å². The van der Waals surface area contributed by atoms with E-state index in [0.29, 0.717) is 30.0 Å². The fourth-order valence-corrected chi connectivity index (χ4v) is 1.47. The maximum atomic E-state index is 11.6. The number of halogens is 1. The van der Waals surface area contributed by atoms with Gasteiger partial charge in [-0.3, -0.25) is 0 Å². The summed E-state index contributed by atoms with van der Waals surface area (Å²) in [6, 6.07) is 3.32. The molecule has 0 N–H and O–H groups in total. The van der Waals surface area contributed by atoms with E-state index in [1.54, 1.807) is 25.4 Å². The average molecular weight is 304 g/mol. The van der Waals surface area contributed by atoms with Crippen molar-refractivity contribution in [1.82, 2.24) is 4.98 Å². The number of pyridine rings is 1. The van der Waals surface area contributed by atoms with Gasteiger partial charge < -0.3 is 14.2 Å². The molecule has 1 aromatic rings. The van der Waals surface area contributed by atoms with E-state index >= 15 is 0 Å². The summed E-state index contributed by atoms with van der Waals surface area (Å²) < 4.78 is 15.5. The van der Waals surface area contributed by atoms with Gasteiger partial charge in [0, 0.05) is 13.3 Å².